The van der Waals surface area contributed by atoms with Crippen molar-refractivity contribution in [2.45, 2.75) is 12.8 Å². The van der Waals surface area contributed by atoms with Crippen molar-refractivity contribution in [3.63, 3.8) is 0 Å². The van der Waals surface area contributed by atoms with Crippen molar-refractivity contribution in [1.82, 2.24) is 9.97 Å². The van der Waals surface area contributed by atoms with Crippen molar-refractivity contribution in [1.29, 1.82) is 0 Å². The van der Waals surface area contributed by atoms with Gasteiger partial charge in [0.05, 0.1) is 5.69 Å². The van der Waals surface area contributed by atoms with Gasteiger partial charge in [-0.15, -0.1) is 11.3 Å². The van der Waals surface area contributed by atoms with E-state index in [1.807, 2.05) is 19.2 Å². The molecule has 0 fully saturated rings. The van der Waals surface area contributed by atoms with E-state index in [2.05, 4.69) is 39.6 Å². The molecule has 0 aliphatic carbocycles. The number of nitrogens with two attached hydrogens (primary N) is 1. The van der Waals surface area contributed by atoms with Gasteiger partial charge in [0.25, 0.3) is 0 Å². The van der Waals surface area contributed by atoms with Gasteiger partial charge in [-0.25, -0.2) is 9.97 Å². The van der Waals surface area contributed by atoms with Crippen molar-refractivity contribution in [3.05, 3.63) is 47.7 Å². The highest BCUT2D eigenvalue weighted by atomic mass is 32.1. The van der Waals surface area contributed by atoms with Crippen molar-refractivity contribution >= 4 is 21.4 Å². The molecule has 0 aliphatic rings. The molecule has 0 saturated carbocycles. The first-order valence-electron chi connectivity index (χ1n) is 6.29. The Bertz CT molecular complexity index is 705. The minimum absolute atomic E-state index is 0.185. The SMILES string of the molecule is CC(CN)c1nccc(-c2csc3ccccc23)n1. The Balaban J connectivity index is 2.11. The van der Waals surface area contributed by atoms with Crippen molar-refractivity contribution in [2.75, 3.05) is 6.54 Å². The summed E-state index contributed by atoms with van der Waals surface area (Å²) in [7, 11) is 0. The lowest BCUT2D eigenvalue weighted by molar-refractivity contribution is 0.713. The molecule has 1 unspecified atom stereocenters. The topological polar surface area (TPSA) is 51.8 Å². The van der Waals surface area contributed by atoms with Gasteiger partial charge >= 0.3 is 0 Å². The molecule has 3 aromatic rings. The second-order valence-corrected chi connectivity index (χ2v) is 5.49. The standard InChI is InChI=1S/C15H15N3S/c1-10(8-16)15-17-7-6-13(18-15)12-9-19-14-5-3-2-4-11(12)14/h2-7,9-10H,8,16H2,1H3. The Hall–Kier alpha value is -1.78. The van der Waals surface area contributed by atoms with Crippen LogP contribution < -0.4 is 5.73 Å². The van der Waals surface area contributed by atoms with Crippen LogP contribution in [0.15, 0.2) is 41.9 Å². The summed E-state index contributed by atoms with van der Waals surface area (Å²) in [5, 5.41) is 3.40. The number of thiophene rings is 1. The molecule has 0 saturated heterocycles. The first kappa shape index (κ1) is 12.3. The summed E-state index contributed by atoms with van der Waals surface area (Å²) in [6.07, 6.45) is 1.82. The highest BCUT2D eigenvalue weighted by Crippen LogP contribution is 2.32. The Labute approximate surface area is 116 Å². The molecule has 2 N–H and O–H groups in total. The van der Waals surface area contributed by atoms with E-state index >= 15 is 0 Å². The van der Waals surface area contributed by atoms with E-state index in [0.717, 1.165) is 11.5 Å². The van der Waals surface area contributed by atoms with Crippen LogP contribution >= 0.6 is 11.3 Å². The first-order chi connectivity index (χ1) is 9.29. The summed E-state index contributed by atoms with van der Waals surface area (Å²) in [5.74, 6) is 1.00. The molecular formula is C15H15N3S. The van der Waals surface area contributed by atoms with Gasteiger partial charge in [-0.2, -0.15) is 0 Å². The molecule has 1 aromatic carbocycles. The number of benzene rings is 1. The number of hydrogen-bond donors (Lipinski definition) is 1. The second-order valence-electron chi connectivity index (χ2n) is 4.58. The van der Waals surface area contributed by atoms with Gasteiger partial charge in [0, 0.05) is 39.7 Å². The molecule has 0 amide bonds. The van der Waals surface area contributed by atoms with E-state index in [9.17, 15) is 0 Å². The van der Waals surface area contributed by atoms with Gasteiger partial charge < -0.3 is 5.73 Å². The highest BCUT2D eigenvalue weighted by Gasteiger charge is 2.11. The zero-order valence-corrected chi connectivity index (χ0v) is 11.5. The van der Waals surface area contributed by atoms with Crippen LogP contribution in [0.25, 0.3) is 21.3 Å². The zero-order chi connectivity index (χ0) is 13.2. The molecule has 0 spiro atoms. The van der Waals surface area contributed by atoms with Gasteiger partial charge in [-0.05, 0) is 12.1 Å². The number of aromatic nitrogens is 2. The molecule has 3 nitrogen and oxygen atoms in total. The fourth-order valence-corrected chi connectivity index (χ4v) is 3.00. The Morgan fingerprint density at radius 1 is 1.26 bits per heavy atom. The van der Waals surface area contributed by atoms with Crippen LogP contribution in [0, 0.1) is 0 Å². The van der Waals surface area contributed by atoms with E-state index in [1.165, 1.54) is 15.6 Å². The van der Waals surface area contributed by atoms with Crippen molar-refractivity contribution in [2.24, 2.45) is 5.73 Å². The van der Waals surface area contributed by atoms with Crippen LogP contribution in [0.5, 0.6) is 0 Å². The lowest BCUT2D eigenvalue weighted by Crippen LogP contribution is -2.12. The summed E-state index contributed by atoms with van der Waals surface area (Å²) in [5.41, 5.74) is 7.83. The summed E-state index contributed by atoms with van der Waals surface area (Å²) in [4.78, 5) is 8.96. The third-order valence-corrected chi connectivity index (χ3v) is 4.19. The number of rotatable bonds is 3. The van der Waals surface area contributed by atoms with Gasteiger partial charge in [0.2, 0.25) is 0 Å². The maximum atomic E-state index is 5.69. The fraction of sp³-hybridized carbons (Fsp3) is 0.200. The van der Waals surface area contributed by atoms with E-state index in [1.54, 1.807) is 11.3 Å². The Morgan fingerprint density at radius 3 is 2.95 bits per heavy atom. The van der Waals surface area contributed by atoms with Crippen molar-refractivity contribution < 1.29 is 0 Å². The number of hydrogen-bond acceptors (Lipinski definition) is 4. The maximum Gasteiger partial charge on any atom is 0.133 e. The molecule has 1 atom stereocenters. The maximum absolute atomic E-state index is 5.69. The predicted molar refractivity (Wildman–Crippen MR) is 80.3 cm³/mol. The molecule has 0 radical (unpaired) electrons. The minimum Gasteiger partial charge on any atom is -0.330 e. The number of fused-ring (bicyclic) bond motifs is 1. The summed E-state index contributed by atoms with van der Waals surface area (Å²) >= 11 is 1.74. The second kappa shape index (κ2) is 5.07. The highest BCUT2D eigenvalue weighted by molar-refractivity contribution is 7.17. The van der Waals surface area contributed by atoms with Crippen molar-refractivity contribution in [3.8, 4) is 11.3 Å². The molecule has 0 aliphatic heterocycles. The average molecular weight is 269 g/mol. The third-order valence-electron chi connectivity index (χ3n) is 3.23. The van der Waals surface area contributed by atoms with E-state index < -0.39 is 0 Å². The summed E-state index contributed by atoms with van der Waals surface area (Å²) in [6.45, 7) is 2.61. The largest absolute Gasteiger partial charge is 0.330 e. The predicted octanol–water partition coefficient (Wildman–Crippen LogP) is 3.42. The molecule has 3 rings (SSSR count). The van der Waals surface area contributed by atoms with Crippen LogP contribution in [0.3, 0.4) is 0 Å². The minimum atomic E-state index is 0.185. The summed E-state index contributed by atoms with van der Waals surface area (Å²) < 4.78 is 1.28. The van der Waals surface area contributed by atoms with Gasteiger partial charge in [-0.1, -0.05) is 25.1 Å². The lowest BCUT2D eigenvalue weighted by Gasteiger charge is -2.08. The molecule has 0 bridgehead atoms. The van der Waals surface area contributed by atoms with E-state index in [4.69, 9.17) is 5.73 Å². The smallest absolute Gasteiger partial charge is 0.133 e. The van der Waals surface area contributed by atoms with Crippen LogP contribution in [-0.2, 0) is 0 Å². The van der Waals surface area contributed by atoms with Crippen LogP contribution in [0.4, 0.5) is 0 Å². The zero-order valence-electron chi connectivity index (χ0n) is 10.7. The normalized spacial score (nSPS) is 12.7. The van der Waals surface area contributed by atoms with Gasteiger partial charge in [-0.3, -0.25) is 0 Å². The molecular weight excluding hydrogens is 254 g/mol. The average Bonchev–Trinajstić information content (AvgIpc) is 2.90. The van der Waals surface area contributed by atoms with Crippen LogP contribution in [-0.4, -0.2) is 16.5 Å². The van der Waals surface area contributed by atoms with Gasteiger partial charge in [0.1, 0.15) is 5.82 Å². The Morgan fingerprint density at radius 2 is 2.11 bits per heavy atom. The van der Waals surface area contributed by atoms with Crippen LogP contribution in [0.2, 0.25) is 0 Å². The van der Waals surface area contributed by atoms with E-state index in [-0.39, 0.29) is 5.92 Å². The molecule has 4 heteroatoms. The third kappa shape index (κ3) is 2.25. The lowest BCUT2D eigenvalue weighted by atomic mass is 10.1. The van der Waals surface area contributed by atoms with Crippen LogP contribution in [0.1, 0.15) is 18.7 Å². The monoisotopic (exact) mass is 269 g/mol. The quantitative estimate of drug-likeness (QED) is 0.792. The molecule has 96 valence electrons. The molecule has 2 heterocycles. The Kier molecular flexibility index (Phi) is 3.27. The van der Waals surface area contributed by atoms with Gasteiger partial charge in [0.15, 0.2) is 0 Å². The fourth-order valence-electron chi connectivity index (χ4n) is 2.04. The summed E-state index contributed by atoms with van der Waals surface area (Å²) in [6, 6.07) is 10.3. The first-order valence-corrected chi connectivity index (χ1v) is 7.17. The number of nitrogens with zero attached hydrogens (tertiary/aromatic N) is 2. The molecule has 2 aromatic heterocycles. The van der Waals surface area contributed by atoms with E-state index in [0.29, 0.717) is 6.54 Å². The molecule has 19 heavy (non-hydrogen) atoms.